The highest BCUT2D eigenvalue weighted by atomic mass is 16.7. The second-order valence-corrected chi connectivity index (χ2v) is 3.39. The second-order valence-electron chi connectivity index (χ2n) is 3.39. The summed E-state index contributed by atoms with van der Waals surface area (Å²) in [5, 5.41) is 5.17. The summed E-state index contributed by atoms with van der Waals surface area (Å²) in [6, 6.07) is 0. The summed E-state index contributed by atoms with van der Waals surface area (Å²) in [4.78, 5) is 5.05. The van der Waals surface area contributed by atoms with Crippen LogP contribution >= 0.6 is 0 Å². The predicted molar refractivity (Wildman–Crippen MR) is 45.2 cm³/mol. The first-order valence-corrected chi connectivity index (χ1v) is 4.20. The van der Waals surface area contributed by atoms with Gasteiger partial charge in [-0.2, -0.15) is 5.06 Å². The molecule has 1 saturated heterocycles. The average Bonchev–Trinajstić information content (AvgIpc) is 1.83. The number of hydroxylamine groups is 2. The Labute approximate surface area is 68.7 Å². The number of nitrogens with zero attached hydrogens (tertiary/aromatic N) is 1. The molecule has 0 aromatic rings. The largest absolute Gasteiger partial charge is 0.316 e. The summed E-state index contributed by atoms with van der Waals surface area (Å²) in [5.74, 6) is 1.59. The summed E-state index contributed by atoms with van der Waals surface area (Å²) in [6.07, 6.45) is 0. The van der Waals surface area contributed by atoms with Gasteiger partial charge in [-0.05, 0) is 24.9 Å². The molecular formula is C8H18N2O. The zero-order valence-corrected chi connectivity index (χ0v) is 7.63. The zero-order chi connectivity index (χ0) is 8.27. The summed E-state index contributed by atoms with van der Waals surface area (Å²) in [6.45, 7) is 5.67. The van der Waals surface area contributed by atoms with Gasteiger partial charge < -0.3 is 10.2 Å². The van der Waals surface area contributed by atoms with Crippen LogP contribution in [-0.2, 0) is 4.84 Å². The summed E-state index contributed by atoms with van der Waals surface area (Å²) in [5.41, 5.74) is 0. The Morgan fingerprint density at radius 2 is 2.27 bits per heavy atom. The monoisotopic (exact) mass is 158 g/mol. The van der Waals surface area contributed by atoms with Gasteiger partial charge in [0.15, 0.2) is 0 Å². The fourth-order valence-corrected chi connectivity index (χ4v) is 1.34. The lowest BCUT2D eigenvalue weighted by atomic mass is 9.89. The normalized spacial score (nSPS) is 21.8. The van der Waals surface area contributed by atoms with Gasteiger partial charge in [0.1, 0.15) is 0 Å². The molecule has 0 aliphatic carbocycles. The van der Waals surface area contributed by atoms with E-state index in [1.807, 2.05) is 12.1 Å². The van der Waals surface area contributed by atoms with Crippen LogP contribution in [0.25, 0.3) is 0 Å². The Balaban J connectivity index is 2.13. The van der Waals surface area contributed by atoms with Crippen molar-refractivity contribution >= 4 is 0 Å². The third kappa shape index (κ3) is 2.43. The van der Waals surface area contributed by atoms with Crippen LogP contribution in [0.3, 0.4) is 0 Å². The standard InChI is InChI=1S/C8H18N2O/c1-7(6-10(2)11-3)8-4-9-5-8/h7-9H,4-6H2,1-3H3. The highest BCUT2D eigenvalue weighted by Crippen LogP contribution is 2.16. The molecule has 11 heavy (non-hydrogen) atoms. The van der Waals surface area contributed by atoms with Gasteiger partial charge in [0, 0.05) is 13.6 Å². The van der Waals surface area contributed by atoms with Crippen LogP contribution in [0.5, 0.6) is 0 Å². The molecule has 1 atom stereocenters. The number of hydrogen-bond donors (Lipinski definition) is 1. The lowest BCUT2D eigenvalue weighted by Gasteiger charge is -2.34. The minimum Gasteiger partial charge on any atom is -0.316 e. The fourth-order valence-electron chi connectivity index (χ4n) is 1.34. The fraction of sp³-hybridized carbons (Fsp3) is 1.00. The summed E-state index contributed by atoms with van der Waals surface area (Å²) < 4.78 is 0. The van der Waals surface area contributed by atoms with Gasteiger partial charge in [0.25, 0.3) is 0 Å². The minimum absolute atomic E-state index is 0.737. The topological polar surface area (TPSA) is 24.5 Å². The van der Waals surface area contributed by atoms with Crippen molar-refractivity contribution in [2.75, 3.05) is 33.8 Å². The molecule has 0 bridgehead atoms. The molecule has 1 N–H and O–H groups in total. The maximum Gasteiger partial charge on any atom is 0.0575 e. The van der Waals surface area contributed by atoms with Gasteiger partial charge in [0.05, 0.1) is 7.11 Å². The molecule has 3 heteroatoms. The van der Waals surface area contributed by atoms with E-state index >= 15 is 0 Å². The maximum absolute atomic E-state index is 5.05. The van der Waals surface area contributed by atoms with Crippen molar-refractivity contribution in [3.05, 3.63) is 0 Å². The van der Waals surface area contributed by atoms with Crippen LogP contribution < -0.4 is 5.32 Å². The van der Waals surface area contributed by atoms with Crippen molar-refractivity contribution in [1.82, 2.24) is 10.4 Å². The van der Waals surface area contributed by atoms with Crippen LogP contribution in [0, 0.1) is 11.8 Å². The Morgan fingerprint density at radius 3 is 2.64 bits per heavy atom. The Hall–Kier alpha value is -0.120. The van der Waals surface area contributed by atoms with E-state index in [1.165, 1.54) is 13.1 Å². The molecule has 0 saturated carbocycles. The zero-order valence-electron chi connectivity index (χ0n) is 7.63. The van der Waals surface area contributed by atoms with Crippen molar-refractivity contribution in [1.29, 1.82) is 0 Å². The van der Waals surface area contributed by atoms with Crippen LogP contribution in [0.4, 0.5) is 0 Å². The first-order chi connectivity index (χ1) is 5.24. The van der Waals surface area contributed by atoms with Crippen molar-refractivity contribution in [3.63, 3.8) is 0 Å². The molecule has 0 radical (unpaired) electrons. The molecule has 0 spiro atoms. The first kappa shape index (κ1) is 8.97. The van der Waals surface area contributed by atoms with Crippen molar-refractivity contribution in [3.8, 4) is 0 Å². The summed E-state index contributed by atoms with van der Waals surface area (Å²) in [7, 11) is 3.69. The highest BCUT2D eigenvalue weighted by Gasteiger charge is 2.24. The van der Waals surface area contributed by atoms with E-state index in [1.54, 1.807) is 7.11 Å². The number of hydrogen-bond acceptors (Lipinski definition) is 3. The van der Waals surface area contributed by atoms with Gasteiger partial charge in [-0.3, -0.25) is 0 Å². The van der Waals surface area contributed by atoms with E-state index in [0.717, 1.165) is 18.4 Å². The molecular weight excluding hydrogens is 140 g/mol. The first-order valence-electron chi connectivity index (χ1n) is 4.20. The molecule has 3 nitrogen and oxygen atoms in total. The van der Waals surface area contributed by atoms with Crippen LogP contribution in [0.1, 0.15) is 6.92 Å². The lowest BCUT2D eigenvalue weighted by Crippen LogP contribution is -2.47. The van der Waals surface area contributed by atoms with Crippen molar-refractivity contribution in [2.24, 2.45) is 11.8 Å². The van der Waals surface area contributed by atoms with Gasteiger partial charge in [-0.25, -0.2) is 0 Å². The third-order valence-corrected chi connectivity index (χ3v) is 2.47. The Morgan fingerprint density at radius 1 is 1.64 bits per heavy atom. The maximum atomic E-state index is 5.05. The van der Waals surface area contributed by atoms with E-state index in [4.69, 9.17) is 4.84 Å². The smallest absolute Gasteiger partial charge is 0.0575 e. The molecule has 1 heterocycles. The van der Waals surface area contributed by atoms with E-state index < -0.39 is 0 Å². The predicted octanol–water partition coefficient (Wildman–Crippen LogP) is 0.335. The van der Waals surface area contributed by atoms with Gasteiger partial charge in [0.2, 0.25) is 0 Å². The van der Waals surface area contributed by atoms with E-state index in [-0.39, 0.29) is 0 Å². The van der Waals surface area contributed by atoms with E-state index in [0.29, 0.717) is 0 Å². The van der Waals surface area contributed by atoms with Gasteiger partial charge >= 0.3 is 0 Å². The van der Waals surface area contributed by atoms with E-state index in [9.17, 15) is 0 Å². The molecule has 1 aliphatic heterocycles. The highest BCUT2D eigenvalue weighted by molar-refractivity contribution is 4.79. The Kier molecular flexibility index (Phi) is 3.30. The number of nitrogens with one attached hydrogen (secondary N) is 1. The van der Waals surface area contributed by atoms with Crippen LogP contribution in [-0.4, -0.2) is 38.9 Å². The van der Waals surface area contributed by atoms with Crippen molar-refractivity contribution in [2.45, 2.75) is 6.92 Å². The molecule has 1 fully saturated rings. The quantitative estimate of drug-likeness (QED) is 0.597. The average molecular weight is 158 g/mol. The van der Waals surface area contributed by atoms with E-state index in [2.05, 4.69) is 12.2 Å². The minimum atomic E-state index is 0.737. The molecule has 0 amide bonds. The second kappa shape index (κ2) is 4.04. The molecule has 0 aromatic heterocycles. The van der Waals surface area contributed by atoms with Gasteiger partial charge in [-0.1, -0.05) is 6.92 Å². The summed E-state index contributed by atoms with van der Waals surface area (Å²) >= 11 is 0. The van der Waals surface area contributed by atoms with Crippen LogP contribution in [0.15, 0.2) is 0 Å². The lowest BCUT2D eigenvalue weighted by molar-refractivity contribution is -0.121. The van der Waals surface area contributed by atoms with Gasteiger partial charge in [-0.15, -0.1) is 0 Å². The molecule has 0 aromatic carbocycles. The molecule has 1 unspecified atom stereocenters. The third-order valence-electron chi connectivity index (χ3n) is 2.47. The molecule has 1 aliphatic rings. The SMILES string of the molecule is CON(C)CC(C)C1CNC1. The van der Waals surface area contributed by atoms with Crippen molar-refractivity contribution < 1.29 is 4.84 Å². The Bertz CT molecular complexity index is 115. The number of rotatable bonds is 4. The van der Waals surface area contributed by atoms with Crippen LogP contribution in [0.2, 0.25) is 0 Å². The molecule has 1 rings (SSSR count). The molecule has 66 valence electrons.